The first-order chi connectivity index (χ1) is 10.1. The second-order valence-corrected chi connectivity index (χ2v) is 7.48. The van der Waals surface area contributed by atoms with Crippen LogP contribution in [0.3, 0.4) is 0 Å². The fourth-order valence-electron chi connectivity index (χ4n) is 4.05. The van der Waals surface area contributed by atoms with E-state index in [9.17, 15) is 4.79 Å². The molecule has 4 atom stereocenters. The first kappa shape index (κ1) is 15.0. The van der Waals surface area contributed by atoms with Gasteiger partial charge in [-0.05, 0) is 68.2 Å². The van der Waals surface area contributed by atoms with E-state index in [1.54, 1.807) is 0 Å². The summed E-state index contributed by atoms with van der Waals surface area (Å²) >= 11 is 3.39. The Labute approximate surface area is 135 Å². The number of amides is 1. The number of rotatable bonds is 5. The molecule has 4 unspecified atom stereocenters. The molecule has 2 N–H and O–H groups in total. The SMILES string of the molecule is CC(NCC(=O)Nc1ccc(Br)cc1)C1CC2CCC1C2. The standard InChI is InChI=1S/C17H23BrN2O/c1-11(16-9-12-2-3-13(16)8-12)19-10-17(21)20-15-6-4-14(18)5-7-15/h4-7,11-13,16,19H,2-3,8-10H2,1H3,(H,20,21). The van der Waals surface area contributed by atoms with Gasteiger partial charge in [-0.3, -0.25) is 4.79 Å². The van der Waals surface area contributed by atoms with Gasteiger partial charge in [0.15, 0.2) is 0 Å². The van der Waals surface area contributed by atoms with Gasteiger partial charge in [0.2, 0.25) is 5.91 Å². The van der Waals surface area contributed by atoms with Crippen molar-refractivity contribution in [1.82, 2.24) is 5.32 Å². The second kappa shape index (κ2) is 6.49. The summed E-state index contributed by atoms with van der Waals surface area (Å²) in [6.07, 6.45) is 5.60. The van der Waals surface area contributed by atoms with Crippen LogP contribution < -0.4 is 10.6 Å². The van der Waals surface area contributed by atoms with Crippen molar-refractivity contribution in [3.8, 4) is 0 Å². The van der Waals surface area contributed by atoms with Gasteiger partial charge in [-0.25, -0.2) is 0 Å². The fourth-order valence-corrected chi connectivity index (χ4v) is 4.31. The molecule has 114 valence electrons. The van der Waals surface area contributed by atoms with E-state index in [1.165, 1.54) is 25.7 Å². The van der Waals surface area contributed by atoms with E-state index in [1.807, 2.05) is 24.3 Å². The zero-order valence-electron chi connectivity index (χ0n) is 12.4. The third-order valence-electron chi connectivity index (χ3n) is 5.15. The Kier molecular flexibility index (Phi) is 4.65. The molecule has 1 aromatic rings. The van der Waals surface area contributed by atoms with Crippen LogP contribution in [-0.2, 0) is 4.79 Å². The third kappa shape index (κ3) is 3.67. The van der Waals surface area contributed by atoms with Gasteiger partial charge in [-0.1, -0.05) is 22.4 Å². The Hall–Kier alpha value is -0.870. The molecule has 3 rings (SSSR count). The van der Waals surface area contributed by atoms with Crippen LogP contribution in [0.25, 0.3) is 0 Å². The summed E-state index contributed by atoms with van der Waals surface area (Å²) in [7, 11) is 0. The van der Waals surface area contributed by atoms with Crippen molar-refractivity contribution in [2.75, 3.05) is 11.9 Å². The van der Waals surface area contributed by atoms with Gasteiger partial charge in [-0.2, -0.15) is 0 Å². The molecule has 1 amide bonds. The fraction of sp³-hybridized carbons (Fsp3) is 0.588. The van der Waals surface area contributed by atoms with Crippen molar-refractivity contribution in [3.63, 3.8) is 0 Å². The van der Waals surface area contributed by atoms with E-state index in [4.69, 9.17) is 0 Å². The molecule has 2 aliphatic rings. The summed E-state index contributed by atoms with van der Waals surface area (Å²) in [6.45, 7) is 2.63. The summed E-state index contributed by atoms with van der Waals surface area (Å²) in [5, 5.41) is 6.35. The molecule has 2 fully saturated rings. The lowest BCUT2D eigenvalue weighted by atomic mass is 9.84. The number of carbonyl (C=O) groups is 1. The molecule has 0 saturated heterocycles. The predicted octanol–water partition coefficient (Wildman–Crippen LogP) is 3.80. The van der Waals surface area contributed by atoms with Crippen molar-refractivity contribution >= 4 is 27.5 Å². The molecule has 0 heterocycles. The molecular formula is C17H23BrN2O. The molecular weight excluding hydrogens is 328 g/mol. The van der Waals surface area contributed by atoms with Crippen molar-refractivity contribution in [2.24, 2.45) is 17.8 Å². The maximum Gasteiger partial charge on any atom is 0.238 e. The maximum atomic E-state index is 12.0. The summed E-state index contributed by atoms with van der Waals surface area (Å²) in [5.74, 6) is 2.66. The van der Waals surface area contributed by atoms with E-state index in [0.717, 1.165) is 27.9 Å². The summed E-state index contributed by atoms with van der Waals surface area (Å²) in [6, 6.07) is 8.11. The number of anilines is 1. The first-order valence-electron chi connectivity index (χ1n) is 7.90. The number of benzene rings is 1. The highest BCUT2D eigenvalue weighted by Gasteiger charge is 2.41. The molecule has 0 radical (unpaired) electrons. The molecule has 2 saturated carbocycles. The first-order valence-corrected chi connectivity index (χ1v) is 8.70. The maximum absolute atomic E-state index is 12.0. The van der Waals surface area contributed by atoms with Crippen LogP contribution >= 0.6 is 15.9 Å². The Balaban J connectivity index is 1.44. The highest BCUT2D eigenvalue weighted by Crippen LogP contribution is 2.49. The molecule has 2 aliphatic carbocycles. The number of carbonyl (C=O) groups excluding carboxylic acids is 1. The summed E-state index contributed by atoms with van der Waals surface area (Å²) in [5.41, 5.74) is 0.845. The van der Waals surface area contributed by atoms with E-state index < -0.39 is 0 Å². The Morgan fingerprint density at radius 1 is 1.29 bits per heavy atom. The van der Waals surface area contributed by atoms with Crippen LogP contribution in [0.15, 0.2) is 28.7 Å². The second-order valence-electron chi connectivity index (χ2n) is 6.56. The lowest BCUT2D eigenvalue weighted by molar-refractivity contribution is -0.115. The van der Waals surface area contributed by atoms with Crippen LogP contribution in [0.4, 0.5) is 5.69 Å². The average Bonchev–Trinajstić information content (AvgIpc) is 3.10. The van der Waals surface area contributed by atoms with Gasteiger partial charge in [0.05, 0.1) is 6.54 Å². The molecule has 1 aromatic carbocycles. The number of hydrogen-bond acceptors (Lipinski definition) is 2. The van der Waals surface area contributed by atoms with Gasteiger partial charge in [-0.15, -0.1) is 0 Å². The number of hydrogen-bond donors (Lipinski definition) is 2. The predicted molar refractivity (Wildman–Crippen MR) is 89.2 cm³/mol. The van der Waals surface area contributed by atoms with Gasteiger partial charge < -0.3 is 10.6 Å². The van der Waals surface area contributed by atoms with Crippen LogP contribution in [0, 0.1) is 17.8 Å². The number of halogens is 1. The average molecular weight is 351 g/mol. The third-order valence-corrected chi connectivity index (χ3v) is 5.68. The Bertz CT molecular complexity index is 502. The Morgan fingerprint density at radius 3 is 2.67 bits per heavy atom. The quantitative estimate of drug-likeness (QED) is 0.847. The van der Waals surface area contributed by atoms with E-state index in [0.29, 0.717) is 12.6 Å². The van der Waals surface area contributed by atoms with Crippen LogP contribution in [-0.4, -0.2) is 18.5 Å². The molecule has 0 aromatic heterocycles. The van der Waals surface area contributed by atoms with Gasteiger partial charge in [0.1, 0.15) is 0 Å². The molecule has 3 nitrogen and oxygen atoms in total. The van der Waals surface area contributed by atoms with E-state index in [2.05, 4.69) is 33.5 Å². The van der Waals surface area contributed by atoms with Crippen LogP contribution in [0.1, 0.15) is 32.6 Å². The molecule has 0 spiro atoms. The highest BCUT2D eigenvalue weighted by atomic mass is 79.9. The van der Waals surface area contributed by atoms with Crippen molar-refractivity contribution in [1.29, 1.82) is 0 Å². The lowest BCUT2D eigenvalue weighted by Gasteiger charge is -2.28. The van der Waals surface area contributed by atoms with Crippen molar-refractivity contribution in [3.05, 3.63) is 28.7 Å². The minimum Gasteiger partial charge on any atom is -0.325 e. The lowest BCUT2D eigenvalue weighted by Crippen LogP contribution is -2.40. The normalized spacial score (nSPS) is 28.6. The van der Waals surface area contributed by atoms with Gasteiger partial charge >= 0.3 is 0 Å². The zero-order valence-corrected chi connectivity index (χ0v) is 14.0. The molecule has 4 heteroatoms. The van der Waals surface area contributed by atoms with Gasteiger partial charge in [0, 0.05) is 16.2 Å². The molecule has 2 bridgehead atoms. The van der Waals surface area contributed by atoms with E-state index >= 15 is 0 Å². The smallest absolute Gasteiger partial charge is 0.238 e. The largest absolute Gasteiger partial charge is 0.325 e. The molecule has 21 heavy (non-hydrogen) atoms. The minimum absolute atomic E-state index is 0.0346. The highest BCUT2D eigenvalue weighted by molar-refractivity contribution is 9.10. The van der Waals surface area contributed by atoms with E-state index in [-0.39, 0.29) is 5.91 Å². The van der Waals surface area contributed by atoms with Crippen molar-refractivity contribution in [2.45, 2.75) is 38.6 Å². The molecule has 0 aliphatic heterocycles. The van der Waals surface area contributed by atoms with Crippen LogP contribution in [0.5, 0.6) is 0 Å². The zero-order chi connectivity index (χ0) is 14.8. The Morgan fingerprint density at radius 2 is 2.05 bits per heavy atom. The minimum atomic E-state index is 0.0346. The number of fused-ring (bicyclic) bond motifs is 2. The van der Waals surface area contributed by atoms with Crippen molar-refractivity contribution < 1.29 is 4.79 Å². The monoisotopic (exact) mass is 350 g/mol. The number of nitrogens with one attached hydrogen (secondary N) is 2. The van der Waals surface area contributed by atoms with Crippen LogP contribution in [0.2, 0.25) is 0 Å². The summed E-state index contributed by atoms with van der Waals surface area (Å²) in [4.78, 5) is 12.0. The summed E-state index contributed by atoms with van der Waals surface area (Å²) < 4.78 is 1.02. The topological polar surface area (TPSA) is 41.1 Å². The van der Waals surface area contributed by atoms with Gasteiger partial charge in [0.25, 0.3) is 0 Å².